The fourth-order valence-electron chi connectivity index (χ4n) is 1.09. The molecule has 14 heavy (non-hydrogen) atoms. The van der Waals surface area contributed by atoms with Gasteiger partial charge in [0.25, 0.3) is 0 Å². The Kier molecular flexibility index (Phi) is 4.85. The van der Waals surface area contributed by atoms with Gasteiger partial charge in [0.05, 0.1) is 17.8 Å². The Balaban J connectivity index is 0.000000791. The van der Waals surface area contributed by atoms with Crippen molar-refractivity contribution in [2.24, 2.45) is 0 Å². The molecule has 1 rings (SSSR count). The van der Waals surface area contributed by atoms with E-state index in [1.807, 2.05) is 33.9 Å². The van der Waals surface area contributed by atoms with Gasteiger partial charge in [-0.3, -0.25) is 4.68 Å². The molecule has 82 valence electrons. The van der Waals surface area contributed by atoms with Gasteiger partial charge in [0.15, 0.2) is 0 Å². The van der Waals surface area contributed by atoms with Crippen molar-refractivity contribution in [2.75, 3.05) is 0 Å². The van der Waals surface area contributed by atoms with Crippen molar-refractivity contribution in [3.8, 4) is 0 Å². The highest BCUT2D eigenvalue weighted by molar-refractivity contribution is 5.12. The van der Waals surface area contributed by atoms with Gasteiger partial charge < -0.3 is 5.11 Å². The quantitative estimate of drug-likeness (QED) is 0.791. The number of hydrogen-bond donors (Lipinski definition) is 1. The van der Waals surface area contributed by atoms with E-state index >= 15 is 0 Å². The van der Waals surface area contributed by atoms with E-state index in [4.69, 9.17) is 0 Å². The Hall–Kier alpha value is -0.830. The summed E-state index contributed by atoms with van der Waals surface area (Å²) in [6, 6.07) is 0. The molecule has 1 N–H and O–H groups in total. The molecule has 1 aromatic heterocycles. The minimum atomic E-state index is -0.690. The summed E-state index contributed by atoms with van der Waals surface area (Å²) in [5.41, 5.74) is 1.50. The van der Waals surface area contributed by atoms with Crippen molar-refractivity contribution < 1.29 is 5.11 Å². The van der Waals surface area contributed by atoms with Gasteiger partial charge in [0, 0.05) is 6.20 Å². The molecule has 0 saturated heterocycles. The van der Waals surface area contributed by atoms with E-state index < -0.39 is 5.60 Å². The van der Waals surface area contributed by atoms with E-state index in [0.29, 0.717) is 6.54 Å². The lowest BCUT2D eigenvalue weighted by atomic mass is 10.1. The molecule has 0 unspecified atom stereocenters. The Labute approximate surface area is 86.8 Å². The number of aromatic nitrogens is 2. The Morgan fingerprint density at radius 1 is 1.36 bits per heavy atom. The molecular formula is C11H22N2O. The summed E-state index contributed by atoms with van der Waals surface area (Å²) in [4.78, 5) is 0. The maximum Gasteiger partial charge on any atom is 0.0786 e. The van der Waals surface area contributed by atoms with Crippen molar-refractivity contribution in [3.05, 3.63) is 17.5 Å². The summed E-state index contributed by atoms with van der Waals surface area (Å²) in [6.07, 6.45) is 1.95. The van der Waals surface area contributed by atoms with Crippen LogP contribution in [0.2, 0.25) is 0 Å². The molecular weight excluding hydrogens is 176 g/mol. The zero-order valence-electron chi connectivity index (χ0n) is 10.1. The normalized spacial score (nSPS) is 10.8. The molecule has 0 amide bonds. The second-order valence-corrected chi connectivity index (χ2v) is 3.91. The van der Waals surface area contributed by atoms with E-state index in [0.717, 1.165) is 5.69 Å². The first-order valence-electron chi connectivity index (χ1n) is 5.11. The molecule has 0 bridgehead atoms. The van der Waals surface area contributed by atoms with Crippen LogP contribution in [0.3, 0.4) is 0 Å². The predicted molar refractivity (Wildman–Crippen MR) is 59.3 cm³/mol. The van der Waals surface area contributed by atoms with Crippen LogP contribution in [0.4, 0.5) is 0 Å². The van der Waals surface area contributed by atoms with Crippen molar-refractivity contribution in [1.29, 1.82) is 0 Å². The second kappa shape index (κ2) is 5.15. The third-order valence-corrected chi connectivity index (χ3v) is 1.74. The lowest BCUT2D eigenvalue weighted by Gasteiger charge is -2.16. The molecule has 3 heteroatoms. The number of nitrogens with zero attached hydrogens (tertiary/aromatic N) is 2. The summed E-state index contributed by atoms with van der Waals surface area (Å²) < 4.78 is 1.78. The average molecular weight is 198 g/mol. The molecule has 3 nitrogen and oxygen atoms in total. The van der Waals surface area contributed by atoms with Gasteiger partial charge in [-0.1, -0.05) is 13.8 Å². The molecule has 0 aliphatic carbocycles. The topological polar surface area (TPSA) is 38.0 Å². The minimum absolute atomic E-state index is 0.543. The van der Waals surface area contributed by atoms with Crippen LogP contribution in [-0.2, 0) is 6.54 Å². The van der Waals surface area contributed by atoms with E-state index in [1.54, 1.807) is 18.5 Å². The average Bonchev–Trinajstić information content (AvgIpc) is 2.31. The highest BCUT2D eigenvalue weighted by Crippen LogP contribution is 2.08. The van der Waals surface area contributed by atoms with Crippen LogP contribution in [0.15, 0.2) is 6.20 Å². The summed E-state index contributed by atoms with van der Waals surface area (Å²) in [6.45, 7) is 12.1. The third-order valence-electron chi connectivity index (χ3n) is 1.74. The Morgan fingerprint density at radius 2 is 1.86 bits per heavy atom. The zero-order chi connectivity index (χ0) is 11.4. The van der Waals surface area contributed by atoms with E-state index in [9.17, 15) is 5.11 Å². The molecule has 0 spiro atoms. The van der Waals surface area contributed by atoms with Crippen LogP contribution >= 0.6 is 0 Å². The van der Waals surface area contributed by atoms with Crippen LogP contribution in [0.25, 0.3) is 0 Å². The van der Waals surface area contributed by atoms with Crippen LogP contribution < -0.4 is 0 Å². The van der Waals surface area contributed by atoms with Crippen molar-refractivity contribution in [2.45, 2.75) is 53.7 Å². The second-order valence-electron chi connectivity index (χ2n) is 3.91. The van der Waals surface area contributed by atoms with E-state index in [2.05, 4.69) is 5.10 Å². The molecule has 0 saturated carbocycles. The van der Waals surface area contributed by atoms with E-state index in [-0.39, 0.29) is 0 Å². The van der Waals surface area contributed by atoms with Crippen LogP contribution in [0, 0.1) is 13.8 Å². The standard InChI is InChI=1S/C9H16N2O.C2H6/c1-7-5-11(10-8(7)2)6-9(3,4)12;1-2/h5,12H,6H2,1-4H3;1-2H3. The lowest BCUT2D eigenvalue weighted by Crippen LogP contribution is -2.26. The largest absolute Gasteiger partial charge is 0.389 e. The smallest absolute Gasteiger partial charge is 0.0786 e. The van der Waals surface area contributed by atoms with Gasteiger partial charge in [-0.25, -0.2) is 0 Å². The van der Waals surface area contributed by atoms with Gasteiger partial charge in [0.2, 0.25) is 0 Å². The SMILES string of the molecule is CC.Cc1cn(CC(C)(C)O)nc1C. The Bertz CT molecular complexity index is 252. The van der Waals surface area contributed by atoms with E-state index in [1.165, 1.54) is 5.56 Å². The first-order chi connectivity index (χ1) is 6.38. The first-order valence-corrected chi connectivity index (χ1v) is 5.11. The number of hydrogen-bond acceptors (Lipinski definition) is 2. The van der Waals surface area contributed by atoms with Gasteiger partial charge in [0.1, 0.15) is 0 Å². The fourth-order valence-corrected chi connectivity index (χ4v) is 1.09. The molecule has 0 radical (unpaired) electrons. The molecule has 0 fully saturated rings. The molecule has 0 aliphatic heterocycles. The van der Waals surface area contributed by atoms with Crippen LogP contribution in [0.1, 0.15) is 39.0 Å². The maximum atomic E-state index is 9.51. The zero-order valence-corrected chi connectivity index (χ0v) is 10.1. The van der Waals surface area contributed by atoms with Crippen molar-refractivity contribution >= 4 is 0 Å². The monoisotopic (exact) mass is 198 g/mol. The van der Waals surface area contributed by atoms with Gasteiger partial charge in [-0.15, -0.1) is 0 Å². The van der Waals surface area contributed by atoms with Crippen LogP contribution in [-0.4, -0.2) is 20.5 Å². The predicted octanol–water partition coefficient (Wildman–Crippen LogP) is 2.30. The third kappa shape index (κ3) is 4.42. The molecule has 1 aromatic rings. The Morgan fingerprint density at radius 3 is 2.14 bits per heavy atom. The van der Waals surface area contributed by atoms with Crippen molar-refractivity contribution in [1.82, 2.24) is 9.78 Å². The number of rotatable bonds is 2. The molecule has 0 aromatic carbocycles. The number of aryl methyl sites for hydroxylation is 2. The number of aliphatic hydroxyl groups is 1. The highest BCUT2D eigenvalue weighted by Gasteiger charge is 2.14. The molecule has 1 heterocycles. The van der Waals surface area contributed by atoms with Gasteiger partial charge in [-0.2, -0.15) is 5.10 Å². The minimum Gasteiger partial charge on any atom is -0.389 e. The summed E-state index contributed by atoms with van der Waals surface area (Å²) in [7, 11) is 0. The van der Waals surface area contributed by atoms with Gasteiger partial charge >= 0.3 is 0 Å². The molecule has 0 atom stereocenters. The highest BCUT2D eigenvalue weighted by atomic mass is 16.3. The first kappa shape index (κ1) is 13.2. The lowest BCUT2D eigenvalue weighted by molar-refractivity contribution is 0.0577. The summed E-state index contributed by atoms with van der Waals surface area (Å²) in [5.74, 6) is 0. The summed E-state index contributed by atoms with van der Waals surface area (Å²) >= 11 is 0. The summed E-state index contributed by atoms with van der Waals surface area (Å²) in [5, 5.41) is 13.8. The molecule has 0 aliphatic rings. The fraction of sp³-hybridized carbons (Fsp3) is 0.727. The van der Waals surface area contributed by atoms with Crippen LogP contribution in [0.5, 0.6) is 0 Å². The van der Waals surface area contributed by atoms with Gasteiger partial charge in [-0.05, 0) is 33.3 Å². The van der Waals surface area contributed by atoms with Crippen molar-refractivity contribution in [3.63, 3.8) is 0 Å². The maximum absolute atomic E-state index is 9.51.